The number of carbonyl (C=O) groups is 1. The van der Waals surface area contributed by atoms with Crippen LogP contribution < -0.4 is 10.3 Å². The van der Waals surface area contributed by atoms with Crippen LogP contribution in [-0.2, 0) is 4.79 Å². The lowest BCUT2D eigenvalue weighted by molar-refractivity contribution is -0.118. The summed E-state index contributed by atoms with van der Waals surface area (Å²) in [6.07, 6.45) is 1.52. The fourth-order valence-corrected chi connectivity index (χ4v) is 1.32. The SMILES string of the molecule is CC(=O)NN=Cc1ccc(N(C)C)cc1Cl. The number of carbonyl (C=O) groups excluding carboxylic acids is 1. The van der Waals surface area contributed by atoms with Gasteiger partial charge in [-0.1, -0.05) is 11.6 Å². The summed E-state index contributed by atoms with van der Waals surface area (Å²) in [6.45, 7) is 1.40. The molecule has 0 fully saturated rings. The van der Waals surface area contributed by atoms with E-state index in [4.69, 9.17) is 11.6 Å². The lowest BCUT2D eigenvalue weighted by Gasteiger charge is -2.12. The van der Waals surface area contributed by atoms with E-state index < -0.39 is 0 Å². The van der Waals surface area contributed by atoms with Gasteiger partial charge in [0.1, 0.15) is 0 Å². The molecular formula is C11H14ClN3O. The number of hydrazone groups is 1. The Kier molecular flexibility index (Phi) is 4.31. The van der Waals surface area contributed by atoms with Gasteiger partial charge in [-0.15, -0.1) is 0 Å². The third-order valence-corrected chi connectivity index (χ3v) is 2.25. The number of hydrogen-bond acceptors (Lipinski definition) is 3. The summed E-state index contributed by atoms with van der Waals surface area (Å²) < 4.78 is 0. The normalized spacial score (nSPS) is 10.5. The Bertz CT molecular complexity index is 416. The third kappa shape index (κ3) is 3.55. The Balaban J connectivity index is 2.83. The molecule has 0 aromatic heterocycles. The predicted molar refractivity (Wildman–Crippen MR) is 67.2 cm³/mol. The van der Waals surface area contributed by atoms with Crippen molar-refractivity contribution in [3.63, 3.8) is 0 Å². The highest BCUT2D eigenvalue weighted by atomic mass is 35.5. The molecule has 1 aromatic rings. The molecule has 0 aliphatic heterocycles. The molecule has 16 heavy (non-hydrogen) atoms. The maximum atomic E-state index is 10.6. The van der Waals surface area contributed by atoms with Crippen LogP contribution in [-0.4, -0.2) is 26.2 Å². The van der Waals surface area contributed by atoms with Gasteiger partial charge in [0.25, 0.3) is 0 Å². The van der Waals surface area contributed by atoms with Crippen LogP contribution >= 0.6 is 11.6 Å². The smallest absolute Gasteiger partial charge is 0.236 e. The molecule has 5 heteroatoms. The second-order valence-corrected chi connectivity index (χ2v) is 3.93. The standard InChI is InChI=1S/C11H14ClN3O/c1-8(16)14-13-7-9-4-5-10(15(2)3)6-11(9)12/h4-7H,1-3H3,(H,14,16). The van der Waals surface area contributed by atoms with E-state index >= 15 is 0 Å². The van der Waals surface area contributed by atoms with Gasteiger partial charge in [-0.25, -0.2) is 5.43 Å². The molecule has 0 saturated carbocycles. The van der Waals surface area contributed by atoms with Gasteiger partial charge in [0, 0.05) is 32.3 Å². The third-order valence-electron chi connectivity index (χ3n) is 1.93. The van der Waals surface area contributed by atoms with E-state index in [2.05, 4.69) is 10.5 Å². The van der Waals surface area contributed by atoms with E-state index in [0.717, 1.165) is 11.3 Å². The predicted octanol–water partition coefficient (Wildman–Crippen LogP) is 1.88. The van der Waals surface area contributed by atoms with Gasteiger partial charge in [-0.3, -0.25) is 4.79 Å². The monoisotopic (exact) mass is 239 g/mol. The molecule has 0 bridgehead atoms. The Labute approximate surface area is 99.9 Å². The Morgan fingerprint density at radius 3 is 2.69 bits per heavy atom. The van der Waals surface area contributed by atoms with Crippen molar-refractivity contribution in [2.75, 3.05) is 19.0 Å². The van der Waals surface area contributed by atoms with E-state index in [-0.39, 0.29) is 5.91 Å². The van der Waals surface area contributed by atoms with Crippen molar-refractivity contribution in [2.45, 2.75) is 6.92 Å². The molecule has 0 spiro atoms. The number of amides is 1. The molecule has 0 aliphatic rings. The summed E-state index contributed by atoms with van der Waals surface area (Å²) in [5.41, 5.74) is 4.10. The minimum absolute atomic E-state index is 0.211. The van der Waals surface area contributed by atoms with Crippen LogP contribution in [0.15, 0.2) is 23.3 Å². The average molecular weight is 240 g/mol. The molecule has 0 aliphatic carbocycles. The summed E-state index contributed by atoms with van der Waals surface area (Å²) in [4.78, 5) is 12.6. The number of nitrogens with zero attached hydrogens (tertiary/aromatic N) is 2. The molecular weight excluding hydrogens is 226 g/mol. The van der Waals surface area contributed by atoms with Crippen molar-refractivity contribution in [1.29, 1.82) is 0 Å². The Morgan fingerprint density at radius 1 is 1.50 bits per heavy atom. The number of benzene rings is 1. The van der Waals surface area contributed by atoms with Crippen LogP contribution in [0, 0.1) is 0 Å². The van der Waals surface area contributed by atoms with Crippen molar-refractivity contribution < 1.29 is 4.79 Å². The van der Waals surface area contributed by atoms with Crippen molar-refractivity contribution in [2.24, 2.45) is 5.10 Å². The largest absolute Gasteiger partial charge is 0.378 e. The first-order chi connectivity index (χ1) is 7.50. The molecule has 0 atom stereocenters. The van der Waals surface area contributed by atoms with Gasteiger partial charge >= 0.3 is 0 Å². The fraction of sp³-hybridized carbons (Fsp3) is 0.273. The van der Waals surface area contributed by atoms with Crippen molar-refractivity contribution in [3.05, 3.63) is 28.8 Å². The number of rotatable bonds is 3. The van der Waals surface area contributed by atoms with Crippen LogP contribution in [0.3, 0.4) is 0 Å². The highest BCUT2D eigenvalue weighted by Gasteiger charge is 2.01. The zero-order valence-corrected chi connectivity index (χ0v) is 10.2. The van der Waals surface area contributed by atoms with E-state index in [1.165, 1.54) is 13.1 Å². The minimum atomic E-state index is -0.211. The molecule has 1 amide bonds. The summed E-state index contributed by atoms with van der Waals surface area (Å²) in [6, 6.07) is 5.63. The number of anilines is 1. The molecule has 1 rings (SSSR count). The van der Waals surface area contributed by atoms with Crippen LogP contribution in [0.5, 0.6) is 0 Å². The molecule has 4 nitrogen and oxygen atoms in total. The minimum Gasteiger partial charge on any atom is -0.378 e. The summed E-state index contributed by atoms with van der Waals surface area (Å²) in [7, 11) is 3.88. The lowest BCUT2D eigenvalue weighted by atomic mass is 10.2. The average Bonchev–Trinajstić information content (AvgIpc) is 2.19. The van der Waals surface area contributed by atoms with E-state index in [0.29, 0.717) is 5.02 Å². The highest BCUT2D eigenvalue weighted by molar-refractivity contribution is 6.33. The second-order valence-electron chi connectivity index (χ2n) is 3.53. The quantitative estimate of drug-likeness (QED) is 0.647. The van der Waals surface area contributed by atoms with Gasteiger partial charge < -0.3 is 4.90 Å². The zero-order chi connectivity index (χ0) is 12.1. The van der Waals surface area contributed by atoms with Crippen molar-refractivity contribution in [1.82, 2.24) is 5.43 Å². The maximum Gasteiger partial charge on any atom is 0.236 e. The first-order valence-corrected chi connectivity index (χ1v) is 5.15. The summed E-state index contributed by atoms with van der Waals surface area (Å²) in [5, 5.41) is 4.35. The second kappa shape index (κ2) is 5.51. The summed E-state index contributed by atoms with van der Waals surface area (Å²) >= 11 is 6.06. The topological polar surface area (TPSA) is 44.7 Å². The zero-order valence-electron chi connectivity index (χ0n) is 9.49. The Morgan fingerprint density at radius 2 is 2.19 bits per heavy atom. The fourth-order valence-electron chi connectivity index (χ4n) is 1.09. The highest BCUT2D eigenvalue weighted by Crippen LogP contribution is 2.21. The molecule has 0 radical (unpaired) electrons. The first kappa shape index (κ1) is 12.5. The van der Waals surface area contributed by atoms with Gasteiger partial charge in [-0.05, 0) is 18.2 Å². The lowest BCUT2D eigenvalue weighted by Crippen LogP contribution is -2.12. The molecule has 0 saturated heterocycles. The van der Waals surface area contributed by atoms with Crippen molar-refractivity contribution in [3.8, 4) is 0 Å². The van der Waals surface area contributed by atoms with Crippen LogP contribution in [0.2, 0.25) is 5.02 Å². The first-order valence-electron chi connectivity index (χ1n) is 4.77. The van der Waals surface area contributed by atoms with E-state index in [1.54, 1.807) is 0 Å². The van der Waals surface area contributed by atoms with Gasteiger partial charge in [0.05, 0.1) is 11.2 Å². The molecule has 1 N–H and O–H groups in total. The number of halogens is 1. The molecule has 86 valence electrons. The molecule has 0 heterocycles. The van der Waals surface area contributed by atoms with Crippen LogP contribution in [0.1, 0.15) is 12.5 Å². The molecule has 0 unspecified atom stereocenters. The number of hydrogen-bond donors (Lipinski definition) is 1. The summed E-state index contributed by atoms with van der Waals surface area (Å²) in [5.74, 6) is -0.211. The van der Waals surface area contributed by atoms with E-state index in [9.17, 15) is 4.79 Å². The number of nitrogens with one attached hydrogen (secondary N) is 1. The van der Waals surface area contributed by atoms with Crippen molar-refractivity contribution >= 4 is 29.4 Å². The van der Waals surface area contributed by atoms with Gasteiger partial charge in [-0.2, -0.15) is 5.10 Å². The van der Waals surface area contributed by atoms with Crippen LogP contribution in [0.25, 0.3) is 0 Å². The van der Waals surface area contributed by atoms with E-state index in [1.807, 2.05) is 37.2 Å². The van der Waals surface area contributed by atoms with Gasteiger partial charge in [0.2, 0.25) is 5.91 Å². The molecule has 1 aromatic carbocycles. The Hall–Kier alpha value is -1.55. The van der Waals surface area contributed by atoms with Crippen LogP contribution in [0.4, 0.5) is 5.69 Å². The van der Waals surface area contributed by atoms with Gasteiger partial charge in [0.15, 0.2) is 0 Å². The maximum absolute atomic E-state index is 10.6.